The molecule has 6 nitrogen and oxygen atoms in total. The number of hydrogen-bond donors (Lipinski definition) is 3. The number of rotatable bonds is 4. The number of methoxy groups -OCH3 is 1. The molecule has 0 spiro atoms. The number of aromatic amines is 1. The molecule has 7 heteroatoms. The van der Waals surface area contributed by atoms with E-state index in [1.165, 1.54) is 6.20 Å². The fourth-order valence-corrected chi connectivity index (χ4v) is 2.28. The van der Waals surface area contributed by atoms with Gasteiger partial charge in [-0.05, 0) is 40.5 Å². The van der Waals surface area contributed by atoms with Crippen LogP contribution in [-0.2, 0) is 0 Å². The average Bonchev–Trinajstić information content (AvgIpc) is 2.91. The lowest BCUT2D eigenvalue weighted by atomic mass is 10.1. The van der Waals surface area contributed by atoms with E-state index >= 15 is 0 Å². The van der Waals surface area contributed by atoms with E-state index in [1.54, 1.807) is 13.3 Å². The zero-order chi connectivity index (χ0) is 14.5. The molecule has 3 N–H and O–H groups in total. The number of anilines is 1. The van der Waals surface area contributed by atoms with E-state index in [2.05, 4.69) is 36.8 Å². The van der Waals surface area contributed by atoms with E-state index in [0.717, 1.165) is 15.8 Å². The highest BCUT2D eigenvalue weighted by atomic mass is 79.9. The summed E-state index contributed by atoms with van der Waals surface area (Å²) in [5.41, 5.74) is 1.59. The maximum Gasteiger partial charge on any atom is 0.319 e. The van der Waals surface area contributed by atoms with Gasteiger partial charge in [0.05, 0.1) is 29.5 Å². The lowest BCUT2D eigenvalue weighted by Crippen LogP contribution is -2.31. The number of hydrogen-bond acceptors (Lipinski definition) is 3. The molecule has 0 bridgehead atoms. The van der Waals surface area contributed by atoms with Gasteiger partial charge in [0.15, 0.2) is 0 Å². The molecule has 1 heterocycles. The number of carbonyl (C=O) groups is 1. The number of H-pyrrole nitrogens is 1. The first-order valence-electron chi connectivity index (χ1n) is 6.00. The summed E-state index contributed by atoms with van der Waals surface area (Å²) in [7, 11) is 1.61. The monoisotopic (exact) mass is 338 g/mol. The molecule has 2 rings (SSSR count). The van der Waals surface area contributed by atoms with Crippen molar-refractivity contribution >= 4 is 27.6 Å². The Morgan fingerprint density at radius 2 is 2.30 bits per heavy atom. The van der Waals surface area contributed by atoms with Crippen molar-refractivity contribution in [2.45, 2.75) is 13.0 Å². The summed E-state index contributed by atoms with van der Waals surface area (Å²) >= 11 is 3.42. The van der Waals surface area contributed by atoms with E-state index in [0.29, 0.717) is 5.69 Å². The van der Waals surface area contributed by atoms with Gasteiger partial charge in [0, 0.05) is 6.20 Å². The molecular weight excluding hydrogens is 324 g/mol. The van der Waals surface area contributed by atoms with E-state index in [4.69, 9.17) is 4.74 Å². The molecule has 1 aromatic heterocycles. The van der Waals surface area contributed by atoms with Crippen LogP contribution in [0.15, 0.2) is 35.1 Å². The van der Waals surface area contributed by atoms with Crippen LogP contribution in [0.25, 0.3) is 0 Å². The molecule has 1 atom stereocenters. The zero-order valence-corrected chi connectivity index (χ0v) is 12.7. The second-order valence-corrected chi connectivity index (χ2v) is 5.06. The highest BCUT2D eigenvalue weighted by Gasteiger charge is 2.11. The van der Waals surface area contributed by atoms with Crippen molar-refractivity contribution in [2.24, 2.45) is 0 Å². The topological polar surface area (TPSA) is 79.0 Å². The quantitative estimate of drug-likeness (QED) is 0.801. The fraction of sp³-hybridized carbons (Fsp3) is 0.231. The van der Waals surface area contributed by atoms with Gasteiger partial charge in [-0.3, -0.25) is 5.10 Å². The van der Waals surface area contributed by atoms with Gasteiger partial charge in [0.1, 0.15) is 5.75 Å². The summed E-state index contributed by atoms with van der Waals surface area (Å²) in [6.07, 6.45) is 3.14. The first-order valence-corrected chi connectivity index (χ1v) is 6.79. The number of nitrogens with one attached hydrogen (secondary N) is 3. The average molecular weight is 339 g/mol. The minimum atomic E-state index is -0.286. The van der Waals surface area contributed by atoms with Crippen molar-refractivity contribution in [3.8, 4) is 5.75 Å². The van der Waals surface area contributed by atoms with Crippen LogP contribution in [0, 0.1) is 0 Å². The molecule has 0 saturated heterocycles. The second kappa shape index (κ2) is 6.42. The number of benzene rings is 1. The molecule has 20 heavy (non-hydrogen) atoms. The summed E-state index contributed by atoms with van der Waals surface area (Å²) in [5, 5.41) is 11.9. The predicted octanol–water partition coefficient (Wildman–Crippen LogP) is 3.06. The Hall–Kier alpha value is -2.02. The molecule has 2 aromatic rings. The van der Waals surface area contributed by atoms with Gasteiger partial charge in [-0.25, -0.2) is 4.79 Å². The van der Waals surface area contributed by atoms with Crippen LogP contribution in [0.4, 0.5) is 10.5 Å². The van der Waals surface area contributed by atoms with Crippen LogP contribution in [0.5, 0.6) is 5.75 Å². The Morgan fingerprint density at radius 1 is 1.50 bits per heavy atom. The smallest absolute Gasteiger partial charge is 0.319 e. The minimum Gasteiger partial charge on any atom is -0.496 e. The van der Waals surface area contributed by atoms with Gasteiger partial charge in [0.25, 0.3) is 0 Å². The zero-order valence-electron chi connectivity index (χ0n) is 11.1. The lowest BCUT2D eigenvalue weighted by molar-refractivity contribution is 0.249. The highest BCUT2D eigenvalue weighted by molar-refractivity contribution is 9.10. The van der Waals surface area contributed by atoms with Gasteiger partial charge in [-0.2, -0.15) is 5.10 Å². The van der Waals surface area contributed by atoms with Crippen LogP contribution in [0.3, 0.4) is 0 Å². The predicted molar refractivity (Wildman–Crippen MR) is 79.9 cm³/mol. The number of carbonyl (C=O) groups excluding carboxylic acids is 1. The fourth-order valence-electron chi connectivity index (χ4n) is 1.72. The molecule has 0 aliphatic heterocycles. The van der Waals surface area contributed by atoms with Crippen molar-refractivity contribution < 1.29 is 9.53 Å². The molecule has 0 fully saturated rings. The molecule has 0 saturated carbocycles. The van der Waals surface area contributed by atoms with E-state index in [-0.39, 0.29) is 12.1 Å². The van der Waals surface area contributed by atoms with Crippen LogP contribution in [0.2, 0.25) is 0 Å². The van der Waals surface area contributed by atoms with Gasteiger partial charge < -0.3 is 15.4 Å². The largest absolute Gasteiger partial charge is 0.496 e. The standard InChI is InChI=1S/C13H15BrN4O2/c1-8(9-3-4-12(20-2)11(14)5-9)17-13(19)18-10-6-15-16-7-10/h3-8H,1-2H3,(H,15,16)(H2,17,18,19)/t8-/m1/s1. The second-order valence-electron chi connectivity index (χ2n) is 4.20. The third-order valence-corrected chi connectivity index (χ3v) is 3.40. The van der Waals surface area contributed by atoms with Gasteiger partial charge in [0.2, 0.25) is 0 Å². The molecule has 1 aromatic carbocycles. The molecule has 2 amide bonds. The maximum absolute atomic E-state index is 11.8. The third-order valence-electron chi connectivity index (χ3n) is 2.78. The number of urea groups is 1. The summed E-state index contributed by atoms with van der Waals surface area (Å²) in [6, 6.07) is 5.26. The molecule has 0 unspecified atom stereocenters. The van der Waals surface area contributed by atoms with Crippen molar-refractivity contribution in [3.05, 3.63) is 40.6 Å². The van der Waals surface area contributed by atoms with Crippen LogP contribution in [-0.4, -0.2) is 23.3 Å². The van der Waals surface area contributed by atoms with E-state index in [1.807, 2.05) is 25.1 Å². The summed E-state index contributed by atoms with van der Waals surface area (Å²) in [4.78, 5) is 11.8. The Kier molecular flexibility index (Phi) is 4.62. The Balaban J connectivity index is 1.99. The normalized spacial score (nSPS) is 11.8. The molecule has 106 valence electrons. The van der Waals surface area contributed by atoms with E-state index in [9.17, 15) is 4.79 Å². The summed E-state index contributed by atoms with van der Waals surface area (Å²) in [6.45, 7) is 1.91. The van der Waals surface area contributed by atoms with Gasteiger partial charge in [-0.1, -0.05) is 6.07 Å². The Morgan fingerprint density at radius 3 is 2.90 bits per heavy atom. The van der Waals surface area contributed by atoms with Gasteiger partial charge >= 0.3 is 6.03 Å². The molecule has 0 aliphatic carbocycles. The molecular formula is C13H15BrN4O2. The molecule has 0 aliphatic rings. The number of aromatic nitrogens is 2. The first kappa shape index (κ1) is 14.4. The lowest BCUT2D eigenvalue weighted by Gasteiger charge is -2.15. The van der Waals surface area contributed by atoms with Crippen molar-refractivity contribution in [1.82, 2.24) is 15.5 Å². The summed E-state index contributed by atoms with van der Waals surface area (Å²) < 4.78 is 6.02. The maximum atomic E-state index is 11.8. The Bertz CT molecular complexity index is 586. The van der Waals surface area contributed by atoms with Crippen LogP contribution >= 0.6 is 15.9 Å². The Labute approximate surface area is 125 Å². The van der Waals surface area contributed by atoms with Crippen molar-refractivity contribution in [2.75, 3.05) is 12.4 Å². The SMILES string of the molecule is COc1ccc([C@@H](C)NC(=O)Nc2cn[nH]c2)cc1Br. The highest BCUT2D eigenvalue weighted by Crippen LogP contribution is 2.27. The van der Waals surface area contributed by atoms with Gasteiger partial charge in [-0.15, -0.1) is 0 Å². The van der Waals surface area contributed by atoms with Crippen LogP contribution < -0.4 is 15.4 Å². The van der Waals surface area contributed by atoms with Crippen LogP contribution in [0.1, 0.15) is 18.5 Å². The number of nitrogens with zero attached hydrogens (tertiary/aromatic N) is 1. The van der Waals surface area contributed by atoms with Crippen molar-refractivity contribution in [1.29, 1.82) is 0 Å². The third kappa shape index (κ3) is 3.51. The number of halogens is 1. The number of amides is 2. The first-order chi connectivity index (χ1) is 9.60. The van der Waals surface area contributed by atoms with E-state index < -0.39 is 0 Å². The number of ether oxygens (including phenoxy) is 1. The van der Waals surface area contributed by atoms with Crippen molar-refractivity contribution in [3.63, 3.8) is 0 Å². The summed E-state index contributed by atoms with van der Waals surface area (Å²) in [5.74, 6) is 0.754. The molecule has 0 radical (unpaired) electrons. The minimum absolute atomic E-state index is 0.135.